The van der Waals surface area contributed by atoms with E-state index in [1.165, 1.54) is 20.5 Å². The molecule has 2 aromatic carbocycles. The monoisotopic (exact) mass is 446 g/mol. The third-order valence-electron chi connectivity index (χ3n) is 4.76. The first-order chi connectivity index (χ1) is 11.6. The van der Waals surface area contributed by atoms with Crippen molar-refractivity contribution >= 4 is 37.8 Å². The predicted molar refractivity (Wildman–Crippen MR) is 109 cm³/mol. The maximum absolute atomic E-state index is 7.05. The summed E-state index contributed by atoms with van der Waals surface area (Å²) in [5, 5.41) is 1.40. The third-order valence-corrected chi connectivity index (χ3v) is 12.3. The Morgan fingerprint density at radius 1 is 0.792 bits per heavy atom. The molecule has 0 atom stereocenters. The Hall–Kier alpha value is -0.514. The van der Waals surface area contributed by atoms with E-state index < -0.39 is 29.0 Å². The molecule has 0 aromatic heterocycles. The van der Waals surface area contributed by atoms with Gasteiger partial charge in [0.15, 0.2) is 0 Å². The van der Waals surface area contributed by atoms with Gasteiger partial charge in [-0.15, -0.1) is 0 Å². The molecule has 128 valence electrons. The molecule has 0 spiro atoms. The predicted octanol–water partition coefficient (Wildman–Crippen LogP) is 4.51. The maximum atomic E-state index is 7.05. The third kappa shape index (κ3) is 5.50. The Bertz CT molecular complexity index is 540. The number of hydrogen-bond donors (Lipinski definition) is 0. The van der Waals surface area contributed by atoms with Crippen LogP contribution in [0.1, 0.15) is 33.1 Å². The fourth-order valence-corrected chi connectivity index (χ4v) is 9.96. The van der Waals surface area contributed by atoms with Gasteiger partial charge in [0.2, 0.25) is 0 Å². The van der Waals surface area contributed by atoms with E-state index in [0.29, 0.717) is 0 Å². The van der Waals surface area contributed by atoms with Crippen LogP contribution in [-0.4, -0.2) is 34.6 Å². The zero-order valence-corrected chi connectivity index (χ0v) is 19.7. The van der Waals surface area contributed by atoms with Crippen molar-refractivity contribution < 1.29 is 3.76 Å². The van der Waals surface area contributed by atoms with E-state index in [-0.39, 0.29) is 5.60 Å². The SMILES string of the molecule is CCC(CC)(C[CH2][Ge]([CH3])[CH3])[O][Ge]([c]1ccccc1)[c]1ccccc1. The number of rotatable bonds is 9. The molecule has 0 saturated heterocycles. The molecule has 3 heteroatoms. The van der Waals surface area contributed by atoms with Crippen LogP contribution in [0.5, 0.6) is 0 Å². The Balaban J connectivity index is 2.32. The van der Waals surface area contributed by atoms with Crippen molar-refractivity contribution in [2.45, 2.75) is 55.5 Å². The average molecular weight is 444 g/mol. The molecule has 1 nitrogen and oxygen atoms in total. The van der Waals surface area contributed by atoms with Gasteiger partial charge >= 0.3 is 158 Å². The Kier molecular flexibility index (Phi) is 8.12. The number of hydrogen-bond acceptors (Lipinski definition) is 1. The molecule has 0 amide bonds. The van der Waals surface area contributed by atoms with Gasteiger partial charge in [0.25, 0.3) is 0 Å². The van der Waals surface area contributed by atoms with Crippen molar-refractivity contribution in [1.29, 1.82) is 0 Å². The first-order valence-electron chi connectivity index (χ1n) is 9.06. The normalized spacial score (nSPS) is 12.1. The van der Waals surface area contributed by atoms with Gasteiger partial charge in [0.1, 0.15) is 0 Å². The molecule has 0 bridgehead atoms. The Labute approximate surface area is 157 Å². The molecule has 0 aliphatic rings. The zero-order valence-electron chi connectivity index (χ0n) is 15.5. The first-order valence-corrected chi connectivity index (χ1v) is 17.7. The molecule has 0 N–H and O–H groups in total. The summed E-state index contributed by atoms with van der Waals surface area (Å²) in [5.74, 6) is 4.95. The molecule has 0 aliphatic carbocycles. The molecule has 0 aliphatic heterocycles. The summed E-state index contributed by atoms with van der Waals surface area (Å²) in [6.45, 7) is 4.61. The van der Waals surface area contributed by atoms with E-state index in [1.807, 2.05) is 0 Å². The molecule has 0 fully saturated rings. The molecule has 0 heterocycles. The van der Waals surface area contributed by atoms with Crippen LogP contribution in [0.25, 0.3) is 0 Å². The molecular formula is C21H30Ge2O. The van der Waals surface area contributed by atoms with Gasteiger partial charge in [-0.05, 0) is 0 Å². The summed E-state index contributed by atoms with van der Waals surface area (Å²) in [4.78, 5) is 0. The second kappa shape index (κ2) is 9.84. The summed E-state index contributed by atoms with van der Waals surface area (Å²) in [5.41, 5.74) is 0.0608. The zero-order chi connectivity index (χ0) is 17.4. The van der Waals surface area contributed by atoms with Crippen molar-refractivity contribution in [3.63, 3.8) is 0 Å². The van der Waals surface area contributed by atoms with Crippen LogP contribution < -0.4 is 8.79 Å². The van der Waals surface area contributed by atoms with Crippen molar-refractivity contribution in [3.8, 4) is 0 Å². The number of benzene rings is 2. The van der Waals surface area contributed by atoms with Crippen LogP contribution in [0.3, 0.4) is 0 Å². The Morgan fingerprint density at radius 2 is 1.25 bits per heavy atom. The fraction of sp³-hybridized carbons (Fsp3) is 0.429. The molecule has 2 aromatic rings. The quantitative estimate of drug-likeness (QED) is 0.518. The van der Waals surface area contributed by atoms with Crippen molar-refractivity contribution in [1.82, 2.24) is 0 Å². The minimum absolute atomic E-state index is 0.0608. The van der Waals surface area contributed by atoms with Crippen molar-refractivity contribution in [2.75, 3.05) is 0 Å². The molecule has 24 heavy (non-hydrogen) atoms. The second-order valence-corrected chi connectivity index (χ2v) is 17.1. The van der Waals surface area contributed by atoms with E-state index in [0.717, 1.165) is 12.8 Å². The van der Waals surface area contributed by atoms with Gasteiger partial charge in [0.05, 0.1) is 0 Å². The summed E-state index contributed by atoms with van der Waals surface area (Å²) in [6.07, 6.45) is 3.47. The van der Waals surface area contributed by atoms with Gasteiger partial charge in [-0.3, -0.25) is 0 Å². The van der Waals surface area contributed by atoms with Crippen LogP contribution in [-0.2, 0) is 3.76 Å². The van der Waals surface area contributed by atoms with Crippen LogP contribution in [0, 0.1) is 0 Å². The Morgan fingerprint density at radius 3 is 1.62 bits per heavy atom. The molecule has 2 radical (unpaired) electrons. The minimum atomic E-state index is -1.99. The topological polar surface area (TPSA) is 9.23 Å². The summed E-state index contributed by atoms with van der Waals surface area (Å²) < 4.78 is 9.88. The van der Waals surface area contributed by atoms with E-state index >= 15 is 0 Å². The van der Waals surface area contributed by atoms with Crippen LogP contribution in [0.15, 0.2) is 60.7 Å². The van der Waals surface area contributed by atoms with Crippen LogP contribution in [0.2, 0.25) is 16.8 Å². The van der Waals surface area contributed by atoms with E-state index in [1.54, 1.807) is 0 Å². The second-order valence-electron chi connectivity index (χ2n) is 6.76. The summed E-state index contributed by atoms with van der Waals surface area (Å²) in [7, 11) is 0. The van der Waals surface area contributed by atoms with Gasteiger partial charge < -0.3 is 0 Å². The van der Waals surface area contributed by atoms with Gasteiger partial charge in [-0.1, -0.05) is 0 Å². The van der Waals surface area contributed by atoms with Gasteiger partial charge in [-0.25, -0.2) is 0 Å². The molecule has 2 rings (SSSR count). The average Bonchev–Trinajstić information content (AvgIpc) is 2.64. The summed E-state index contributed by atoms with van der Waals surface area (Å²) >= 11 is -2.80. The fourth-order valence-electron chi connectivity index (χ4n) is 2.96. The van der Waals surface area contributed by atoms with Gasteiger partial charge in [0, 0.05) is 0 Å². The van der Waals surface area contributed by atoms with E-state index in [9.17, 15) is 0 Å². The van der Waals surface area contributed by atoms with Crippen molar-refractivity contribution in [3.05, 3.63) is 60.7 Å². The first kappa shape index (κ1) is 19.8. The van der Waals surface area contributed by atoms with Crippen LogP contribution >= 0.6 is 0 Å². The van der Waals surface area contributed by atoms with Gasteiger partial charge in [-0.2, -0.15) is 0 Å². The van der Waals surface area contributed by atoms with E-state index in [2.05, 4.69) is 86.0 Å². The van der Waals surface area contributed by atoms with Crippen LogP contribution in [0.4, 0.5) is 0 Å². The standard InChI is InChI=1S/C21H30Ge2O/c1-5-21(6-2,17-18-22(3)4)24-23(19-13-9-7-10-14-19)20-15-11-8-12-16-20/h7-16H,5-6,17-18H2,1-4H3. The molecule has 0 unspecified atom stereocenters. The van der Waals surface area contributed by atoms with Crippen molar-refractivity contribution in [2.24, 2.45) is 0 Å². The summed E-state index contributed by atoms with van der Waals surface area (Å²) in [6, 6.07) is 21.8. The molecular weight excluding hydrogens is 413 g/mol. The molecule has 0 saturated carbocycles. The van der Waals surface area contributed by atoms with E-state index in [4.69, 9.17) is 3.76 Å².